The van der Waals surface area contributed by atoms with Gasteiger partial charge in [0.15, 0.2) is 0 Å². The van der Waals surface area contributed by atoms with Crippen LogP contribution in [0.3, 0.4) is 0 Å². The van der Waals surface area contributed by atoms with E-state index in [9.17, 15) is 4.79 Å². The number of nitrogens with one attached hydrogen (secondary N) is 3. The van der Waals surface area contributed by atoms with Crippen molar-refractivity contribution in [2.45, 2.75) is 25.8 Å². The molecule has 1 saturated heterocycles. The number of hydrogen-bond donors (Lipinski definition) is 3. The van der Waals surface area contributed by atoms with Crippen molar-refractivity contribution in [1.29, 1.82) is 0 Å². The summed E-state index contributed by atoms with van der Waals surface area (Å²) >= 11 is 0. The fourth-order valence-electron chi connectivity index (χ4n) is 2.65. The topological polar surface area (TPSA) is 62.4 Å². The van der Waals surface area contributed by atoms with E-state index in [2.05, 4.69) is 16.0 Å². The Morgan fingerprint density at radius 2 is 2.05 bits per heavy atom. The fourth-order valence-corrected chi connectivity index (χ4v) is 2.65. The Balaban J connectivity index is 1.84. The lowest BCUT2D eigenvalue weighted by molar-refractivity contribution is 0.0904. The number of rotatable bonds is 2. The van der Waals surface area contributed by atoms with Gasteiger partial charge in [-0.25, -0.2) is 0 Å². The van der Waals surface area contributed by atoms with Gasteiger partial charge in [-0.05, 0) is 37.5 Å². The van der Waals surface area contributed by atoms with Crippen LogP contribution in [0.5, 0.6) is 0 Å². The molecular formula is C14H19N3O2. The van der Waals surface area contributed by atoms with Crippen molar-refractivity contribution in [3.05, 3.63) is 23.3 Å². The molecule has 2 aliphatic heterocycles. The van der Waals surface area contributed by atoms with Crippen molar-refractivity contribution in [2.24, 2.45) is 0 Å². The van der Waals surface area contributed by atoms with E-state index in [1.54, 1.807) is 0 Å². The molecule has 1 amide bonds. The number of fused-ring (bicyclic) bond motifs is 1. The molecule has 3 rings (SSSR count). The Kier molecular flexibility index (Phi) is 3.29. The molecule has 1 fully saturated rings. The second-order valence-corrected chi connectivity index (χ2v) is 5.05. The smallest absolute Gasteiger partial charge is 0.254 e. The first-order chi connectivity index (χ1) is 9.25. The average Bonchev–Trinajstić information content (AvgIpc) is 2.44. The third kappa shape index (κ3) is 2.38. The molecule has 1 aromatic rings. The minimum atomic E-state index is -0.00512. The maximum absolute atomic E-state index is 11.8. The second kappa shape index (κ2) is 5.09. The summed E-state index contributed by atoms with van der Waals surface area (Å²) in [5, 5.41) is 9.58. The molecule has 19 heavy (non-hydrogen) atoms. The van der Waals surface area contributed by atoms with E-state index in [4.69, 9.17) is 4.74 Å². The summed E-state index contributed by atoms with van der Waals surface area (Å²) in [5.74, 6) is -0.00512. The molecule has 0 unspecified atom stereocenters. The van der Waals surface area contributed by atoms with Crippen molar-refractivity contribution < 1.29 is 9.53 Å². The minimum Gasteiger partial charge on any atom is -0.382 e. The lowest BCUT2D eigenvalue weighted by Gasteiger charge is -2.27. The van der Waals surface area contributed by atoms with Crippen LogP contribution in [0.25, 0.3) is 0 Å². The molecular weight excluding hydrogens is 242 g/mol. The zero-order valence-corrected chi connectivity index (χ0v) is 11.1. The largest absolute Gasteiger partial charge is 0.382 e. The van der Waals surface area contributed by atoms with Crippen molar-refractivity contribution in [2.75, 3.05) is 30.5 Å². The van der Waals surface area contributed by atoms with Crippen LogP contribution >= 0.6 is 0 Å². The van der Waals surface area contributed by atoms with Gasteiger partial charge in [-0.1, -0.05) is 0 Å². The molecule has 0 atom stereocenters. The van der Waals surface area contributed by atoms with Crippen molar-refractivity contribution in [3.63, 3.8) is 0 Å². The molecule has 0 saturated carbocycles. The molecule has 0 aromatic heterocycles. The molecule has 3 N–H and O–H groups in total. The lowest BCUT2D eigenvalue weighted by atomic mass is 10.0. The number of carbonyl (C=O) groups excluding carboxylic acids is 1. The molecule has 0 radical (unpaired) electrons. The van der Waals surface area contributed by atoms with Gasteiger partial charge in [0.25, 0.3) is 5.91 Å². The second-order valence-electron chi connectivity index (χ2n) is 5.05. The third-order valence-electron chi connectivity index (χ3n) is 3.80. The molecule has 5 nitrogen and oxygen atoms in total. The van der Waals surface area contributed by atoms with E-state index in [0.29, 0.717) is 12.7 Å². The third-order valence-corrected chi connectivity index (χ3v) is 3.80. The molecule has 2 heterocycles. The van der Waals surface area contributed by atoms with E-state index >= 15 is 0 Å². The predicted molar refractivity (Wildman–Crippen MR) is 74.6 cm³/mol. The highest BCUT2D eigenvalue weighted by Crippen LogP contribution is 2.30. The van der Waals surface area contributed by atoms with Gasteiger partial charge in [0.05, 0.1) is 17.9 Å². The standard InChI is InChI=1S/C14H19N3O2/c1-9-12(17-10-4-6-19-7-5-10)3-2-11-13(9)15-8-16-14(11)18/h2-3,10,15,17H,4-8H2,1H3,(H,16,18). The van der Waals surface area contributed by atoms with Crippen LogP contribution in [0.1, 0.15) is 28.8 Å². The average molecular weight is 261 g/mol. The van der Waals surface area contributed by atoms with Gasteiger partial charge in [0, 0.05) is 24.9 Å². The van der Waals surface area contributed by atoms with Crippen LogP contribution < -0.4 is 16.0 Å². The Morgan fingerprint density at radius 3 is 2.84 bits per heavy atom. The van der Waals surface area contributed by atoms with Crippen LogP contribution in [0, 0.1) is 6.92 Å². The van der Waals surface area contributed by atoms with E-state index in [-0.39, 0.29) is 5.91 Å². The van der Waals surface area contributed by atoms with Gasteiger partial charge in [-0.2, -0.15) is 0 Å². The molecule has 2 aliphatic rings. The van der Waals surface area contributed by atoms with Gasteiger partial charge in [-0.3, -0.25) is 4.79 Å². The zero-order chi connectivity index (χ0) is 13.2. The first-order valence-electron chi connectivity index (χ1n) is 6.75. The number of anilines is 2. The quantitative estimate of drug-likeness (QED) is 0.758. The molecule has 5 heteroatoms. The Labute approximate surface area is 112 Å². The minimum absolute atomic E-state index is 0.00512. The van der Waals surface area contributed by atoms with E-state index in [1.807, 2.05) is 19.1 Å². The van der Waals surface area contributed by atoms with Crippen molar-refractivity contribution in [1.82, 2.24) is 5.32 Å². The first-order valence-corrected chi connectivity index (χ1v) is 6.75. The van der Waals surface area contributed by atoms with Crippen LogP contribution in [-0.2, 0) is 4.74 Å². The number of hydrogen-bond acceptors (Lipinski definition) is 4. The molecule has 0 spiro atoms. The SMILES string of the molecule is Cc1c(NC2CCOCC2)ccc2c1NCNC2=O. The van der Waals surface area contributed by atoms with E-state index in [1.165, 1.54) is 0 Å². The number of ether oxygens (including phenoxy) is 1. The van der Waals surface area contributed by atoms with Crippen LogP contribution in [0.15, 0.2) is 12.1 Å². The number of carbonyl (C=O) groups is 1. The normalized spacial score (nSPS) is 19.3. The van der Waals surface area contributed by atoms with Crippen LogP contribution in [0.4, 0.5) is 11.4 Å². The van der Waals surface area contributed by atoms with Gasteiger partial charge >= 0.3 is 0 Å². The summed E-state index contributed by atoms with van der Waals surface area (Å²) in [4.78, 5) is 11.8. The first kappa shape index (κ1) is 12.3. The highest BCUT2D eigenvalue weighted by Gasteiger charge is 2.21. The summed E-state index contributed by atoms with van der Waals surface area (Å²) in [6.07, 6.45) is 2.06. The summed E-state index contributed by atoms with van der Waals surface area (Å²) in [5.41, 5.74) is 3.88. The predicted octanol–water partition coefficient (Wildman–Crippen LogP) is 1.70. The van der Waals surface area contributed by atoms with Crippen LogP contribution in [0.2, 0.25) is 0 Å². The summed E-state index contributed by atoms with van der Waals surface area (Å²) in [6, 6.07) is 4.34. The number of benzene rings is 1. The molecule has 1 aromatic carbocycles. The van der Waals surface area contributed by atoms with Gasteiger partial charge in [0.1, 0.15) is 0 Å². The summed E-state index contributed by atoms with van der Waals surface area (Å²) in [6.45, 7) is 4.18. The molecule has 0 bridgehead atoms. The Hall–Kier alpha value is -1.75. The maximum Gasteiger partial charge on any atom is 0.254 e. The van der Waals surface area contributed by atoms with Crippen LogP contribution in [-0.4, -0.2) is 31.8 Å². The van der Waals surface area contributed by atoms with Crippen molar-refractivity contribution >= 4 is 17.3 Å². The molecule has 102 valence electrons. The van der Waals surface area contributed by atoms with E-state index < -0.39 is 0 Å². The number of amides is 1. The monoisotopic (exact) mass is 261 g/mol. The highest BCUT2D eigenvalue weighted by atomic mass is 16.5. The summed E-state index contributed by atoms with van der Waals surface area (Å²) in [7, 11) is 0. The maximum atomic E-state index is 11.8. The Morgan fingerprint density at radius 1 is 1.26 bits per heavy atom. The fraction of sp³-hybridized carbons (Fsp3) is 0.500. The van der Waals surface area contributed by atoms with E-state index in [0.717, 1.165) is 48.6 Å². The van der Waals surface area contributed by atoms with Gasteiger partial charge < -0.3 is 20.7 Å². The lowest BCUT2D eigenvalue weighted by Crippen LogP contribution is -2.35. The zero-order valence-electron chi connectivity index (χ0n) is 11.1. The Bertz CT molecular complexity index is 496. The van der Waals surface area contributed by atoms with Crippen molar-refractivity contribution in [3.8, 4) is 0 Å². The highest BCUT2D eigenvalue weighted by molar-refractivity contribution is 6.02. The summed E-state index contributed by atoms with van der Waals surface area (Å²) < 4.78 is 5.37. The van der Waals surface area contributed by atoms with Gasteiger partial charge in [0.2, 0.25) is 0 Å². The van der Waals surface area contributed by atoms with Gasteiger partial charge in [-0.15, -0.1) is 0 Å². The molecule has 0 aliphatic carbocycles.